The van der Waals surface area contributed by atoms with E-state index in [0.29, 0.717) is 16.6 Å². The summed E-state index contributed by atoms with van der Waals surface area (Å²) in [7, 11) is 1.62. The van der Waals surface area contributed by atoms with Gasteiger partial charge in [-0.3, -0.25) is 0 Å². The van der Waals surface area contributed by atoms with Crippen LogP contribution in [0.5, 0.6) is 11.5 Å². The summed E-state index contributed by atoms with van der Waals surface area (Å²) in [5, 5.41) is 14.8. The molecule has 0 radical (unpaired) electrons. The SMILES string of the molecule is COc1ccccc1-c1nc(CSc2nnnn2-c2ccc(OC(F)(F)F)cc2)cs1. The largest absolute Gasteiger partial charge is 0.573 e. The quantitative estimate of drug-likeness (QED) is 0.356. The van der Waals surface area contributed by atoms with Gasteiger partial charge in [-0.15, -0.1) is 29.6 Å². The minimum absolute atomic E-state index is 0.315. The molecule has 2 aromatic carbocycles. The van der Waals surface area contributed by atoms with Gasteiger partial charge in [-0.25, -0.2) is 4.98 Å². The number of methoxy groups -OCH3 is 1. The number of para-hydroxylation sites is 1. The van der Waals surface area contributed by atoms with Gasteiger partial charge in [0.25, 0.3) is 0 Å². The number of ether oxygens (including phenoxy) is 2. The van der Waals surface area contributed by atoms with E-state index < -0.39 is 6.36 Å². The van der Waals surface area contributed by atoms with E-state index in [0.717, 1.165) is 22.0 Å². The van der Waals surface area contributed by atoms with Crippen LogP contribution in [0.3, 0.4) is 0 Å². The van der Waals surface area contributed by atoms with E-state index in [1.807, 2.05) is 29.6 Å². The number of alkyl halides is 3. The Labute approximate surface area is 182 Å². The van der Waals surface area contributed by atoms with Crippen molar-refractivity contribution in [3.8, 4) is 27.8 Å². The lowest BCUT2D eigenvalue weighted by Gasteiger charge is -2.09. The molecule has 0 saturated heterocycles. The lowest BCUT2D eigenvalue weighted by atomic mass is 10.2. The Morgan fingerprint density at radius 2 is 1.87 bits per heavy atom. The molecular weight excluding hydrogens is 451 g/mol. The fourth-order valence-corrected chi connectivity index (χ4v) is 4.41. The summed E-state index contributed by atoms with van der Waals surface area (Å²) >= 11 is 2.87. The summed E-state index contributed by atoms with van der Waals surface area (Å²) in [5.41, 5.74) is 2.27. The molecular formula is C19H14F3N5O2S2. The second-order valence-electron chi connectivity index (χ2n) is 6.05. The Kier molecular flexibility index (Phi) is 6.09. The van der Waals surface area contributed by atoms with Crippen molar-refractivity contribution in [2.75, 3.05) is 7.11 Å². The van der Waals surface area contributed by atoms with Crippen molar-refractivity contribution in [3.63, 3.8) is 0 Å². The molecule has 0 atom stereocenters. The number of hydrogen-bond donors (Lipinski definition) is 0. The zero-order valence-corrected chi connectivity index (χ0v) is 17.5. The van der Waals surface area contributed by atoms with Crippen LogP contribution in [0, 0.1) is 0 Å². The van der Waals surface area contributed by atoms with Gasteiger partial charge in [0.05, 0.1) is 24.1 Å². The number of thiazole rings is 1. The van der Waals surface area contributed by atoms with E-state index in [1.54, 1.807) is 7.11 Å². The third-order valence-electron chi connectivity index (χ3n) is 3.99. The maximum Gasteiger partial charge on any atom is 0.573 e. The molecule has 160 valence electrons. The van der Waals surface area contributed by atoms with Crippen LogP contribution in [0.4, 0.5) is 13.2 Å². The normalized spacial score (nSPS) is 11.5. The zero-order chi connectivity index (χ0) is 21.8. The molecule has 0 fully saturated rings. The first kappa shape index (κ1) is 21.1. The molecule has 0 spiro atoms. The molecule has 2 heterocycles. The highest BCUT2D eigenvalue weighted by molar-refractivity contribution is 7.98. The van der Waals surface area contributed by atoms with Crippen LogP contribution in [0.1, 0.15) is 5.69 Å². The van der Waals surface area contributed by atoms with Crippen molar-refractivity contribution in [2.45, 2.75) is 17.3 Å². The van der Waals surface area contributed by atoms with Crippen molar-refractivity contribution < 1.29 is 22.6 Å². The minimum Gasteiger partial charge on any atom is -0.496 e. The second-order valence-corrected chi connectivity index (χ2v) is 7.85. The van der Waals surface area contributed by atoms with E-state index in [-0.39, 0.29) is 5.75 Å². The van der Waals surface area contributed by atoms with Gasteiger partial charge in [0.15, 0.2) is 0 Å². The fourth-order valence-electron chi connectivity index (χ4n) is 2.68. The maximum atomic E-state index is 12.3. The topological polar surface area (TPSA) is 75.0 Å². The Balaban J connectivity index is 1.46. The Morgan fingerprint density at radius 1 is 1.10 bits per heavy atom. The van der Waals surface area contributed by atoms with Crippen LogP contribution in [0.25, 0.3) is 16.3 Å². The van der Waals surface area contributed by atoms with Crippen LogP contribution in [-0.2, 0) is 5.75 Å². The van der Waals surface area contributed by atoms with Gasteiger partial charge < -0.3 is 9.47 Å². The van der Waals surface area contributed by atoms with Crippen molar-refractivity contribution in [1.29, 1.82) is 0 Å². The van der Waals surface area contributed by atoms with Crippen LogP contribution in [0.2, 0.25) is 0 Å². The molecule has 0 bridgehead atoms. The predicted octanol–water partition coefficient (Wildman–Crippen LogP) is 4.99. The molecule has 12 heteroatoms. The van der Waals surface area contributed by atoms with Crippen LogP contribution >= 0.6 is 23.1 Å². The number of benzene rings is 2. The Hall–Kier alpha value is -3.12. The molecule has 0 amide bonds. The van der Waals surface area contributed by atoms with E-state index in [2.05, 4.69) is 25.2 Å². The first-order valence-electron chi connectivity index (χ1n) is 8.78. The number of rotatable bonds is 7. The molecule has 31 heavy (non-hydrogen) atoms. The first-order chi connectivity index (χ1) is 14.9. The summed E-state index contributed by atoms with van der Waals surface area (Å²) in [6, 6.07) is 13.0. The highest BCUT2D eigenvalue weighted by Crippen LogP contribution is 2.33. The van der Waals surface area contributed by atoms with Crippen molar-refractivity contribution in [2.24, 2.45) is 0 Å². The van der Waals surface area contributed by atoms with Crippen molar-refractivity contribution >= 4 is 23.1 Å². The Morgan fingerprint density at radius 3 is 2.61 bits per heavy atom. The average Bonchev–Trinajstić information content (AvgIpc) is 3.41. The van der Waals surface area contributed by atoms with Gasteiger partial charge in [-0.1, -0.05) is 23.9 Å². The average molecular weight is 465 g/mol. The standard InChI is InChI=1S/C19H14F3N5O2S2/c1-28-16-5-3-2-4-15(16)17-23-12(10-30-17)11-31-18-24-25-26-27(18)13-6-8-14(9-7-13)29-19(20,21)22/h2-10H,11H2,1H3. The summed E-state index contributed by atoms with van der Waals surface area (Å²) in [5.74, 6) is 0.948. The zero-order valence-electron chi connectivity index (χ0n) is 15.9. The smallest absolute Gasteiger partial charge is 0.496 e. The molecule has 0 unspecified atom stereocenters. The molecule has 4 rings (SSSR count). The van der Waals surface area contributed by atoms with Crippen LogP contribution in [0.15, 0.2) is 59.1 Å². The third-order valence-corrected chi connectivity index (χ3v) is 5.87. The first-order valence-corrected chi connectivity index (χ1v) is 10.6. The molecule has 0 N–H and O–H groups in total. The molecule has 0 saturated carbocycles. The van der Waals surface area contributed by atoms with Crippen LogP contribution in [-0.4, -0.2) is 38.7 Å². The van der Waals surface area contributed by atoms with E-state index in [1.165, 1.54) is 52.0 Å². The Bertz CT molecular complexity index is 1160. The highest BCUT2D eigenvalue weighted by Gasteiger charge is 2.31. The van der Waals surface area contributed by atoms with E-state index in [4.69, 9.17) is 4.74 Å². The summed E-state index contributed by atoms with van der Waals surface area (Å²) in [6.07, 6.45) is -4.74. The lowest BCUT2D eigenvalue weighted by molar-refractivity contribution is -0.274. The summed E-state index contributed by atoms with van der Waals surface area (Å²) < 4.78 is 47.7. The monoisotopic (exact) mass is 465 g/mol. The van der Waals surface area contributed by atoms with Crippen molar-refractivity contribution in [1.82, 2.24) is 25.2 Å². The van der Waals surface area contributed by atoms with Gasteiger partial charge in [0.1, 0.15) is 16.5 Å². The van der Waals surface area contributed by atoms with Gasteiger partial charge in [-0.2, -0.15) is 4.68 Å². The van der Waals surface area contributed by atoms with Gasteiger partial charge in [0.2, 0.25) is 5.16 Å². The number of tetrazole rings is 1. The molecule has 2 aromatic heterocycles. The van der Waals surface area contributed by atoms with Crippen molar-refractivity contribution in [3.05, 3.63) is 59.6 Å². The number of aromatic nitrogens is 5. The molecule has 4 aromatic rings. The minimum atomic E-state index is -4.74. The summed E-state index contributed by atoms with van der Waals surface area (Å²) in [4.78, 5) is 4.65. The number of thioether (sulfide) groups is 1. The van der Waals surface area contributed by atoms with Gasteiger partial charge in [0, 0.05) is 11.1 Å². The van der Waals surface area contributed by atoms with Crippen LogP contribution < -0.4 is 9.47 Å². The molecule has 0 aliphatic rings. The second kappa shape index (κ2) is 8.94. The number of hydrogen-bond acceptors (Lipinski definition) is 8. The number of halogens is 3. The van der Waals surface area contributed by atoms with Gasteiger partial charge in [-0.05, 0) is 46.8 Å². The lowest BCUT2D eigenvalue weighted by Crippen LogP contribution is -2.17. The maximum absolute atomic E-state index is 12.3. The fraction of sp³-hybridized carbons (Fsp3) is 0.158. The predicted molar refractivity (Wildman–Crippen MR) is 110 cm³/mol. The van der Waals surface area contributed by atoms with E-state index in [9.17, 15) is 13.2 Å². The van der Waals surface area contributed by atoms with Gasteiger partial charge >= 0.3 is 6.36 Å². The van der Waals surface area contributed by atoms with E-state index >= 15 is 0 Å². The third kappa shape index (κ3) is 5.14. The molecule has 0 aliphatic carbocycles. The highest BCUT2D eigenvalue weighted by atomic mass is 32.2. The molecule has 0 aliphatic heterocycles. The molecule has 7 nitrogen and oxygen atoms in total. The number of nitrogens with zero attached hydrogens (tertiary/aromatic N) is 5. The summed E-state index contributed by atoms with van der Waals surface area (Å²) in [6.45, 7) is 0.